The van der Waals surface area contributed by atoms with E-state index in [-0.39, 0.29) is 0 Å². The molecule has 1 atom stereocenters. The van der Waals surface area contributed by atoms with Gasteiger partial charge in [0.15, 0.2) is 0 Å². The SMILES string of the molecule is C=CCC(Nc1ccncc1)C(=O)O. The van der Waals surface area contributed by atoms with Gasteiger partial charge in [0.05, 0.1) is 0 Å². The van der Waals surface area contributed by atoms with Gasteiger partial charge in [0.25, 0.3) is 0 Å². The van der Waals surface area contributed by atoms with Gasteiger partial charge in [-0.15, -0.1) is 6.58 Å². The maximum atomic E-state index is 10.8. The number of rotatable bonds is 5. The van der Waals surface area contributed by atoms with Crippen LogP contribution in [0.15, 0.2) is 37.2 Å². The third-order valence-corrected chi connectivity index (χ3v) is 1.72. The topological polar surface area (TPSA) is 62.2 Å². The highest BCUT2D eigenvalue weighted by Crippen LogP contribution is 2.08. The Morgan fingerprint density at radius 2 is 2.29 bits per heavy atom. The highest BCUT2D eigenvalue weighted by Gasteiger charge is 2.14. The Labute approximate surface area is 82.3 Å². The molecule has 14 heavy (non-hydrogen) atoms. The number of carboxylic acid groups (broad SMARTS) is 1. The summed E-state index contributed by atoms with van der Waals surface area (Å²) in [5, 5.41) is 11.7. The molecule has 0 spiro atoms. The fourth-order valence-electron chi connectivity index (χ4n) is 1.04. The molecular formula is C10H12N2O2. The third-order valence-electron chi connectivity index (χ3n) is 1.72. The van der Waals surface area contributed by atoms with E-state index in [1.807, 2.05) is 0 Å². The van der Waals surface area contributed by atoms with Crippen molar-refractivity contribution >= 4 is 11.7 Å². The molecule has 0 amide bonds. The van der Waals surface area contributed by atoms with Crippen molar-refractivity contribution < 1.29 is 9.90 Å². The van der Waals surface area contributed by atoms with Crippen molar-refractivity contribution in [3.8, 4) is 0 Å². The maximum Gasteiger partial charge on any atom is 0.326 e. The molecule has 1 aromatic heterocycles. The van der Waals surface area contributed by atoms with Gasteiger partial charge in [0.2, 0.25) is 0 Å². The molecule has 0 saturated carbocycles. The van der Waals surface area contributed by atoms with Crippen LogP contribution >= 0.6 is 0 Å². The van der Waals surface area contributed by atoms with Gasteiger partial charge in [-0.2, -0.15) is 0 Å². The summed E-state index contributed by atoms with van der Waals surface area (Å²) in [6, 6.07) is 2.81. The summed E-state index contributed by atoms with van der Waals surface area (Å²) in [5.74, 6) is -0.887. The van der Waals surface area contributed by atoms with Crippen molar-refractivity contribution in [2.75, 3.05) is 5.32 Å². The Balaban J connectivity index is 2.64. The van der Waals surface area contributed by atoms with Gasteiger partial charge < -0.3 is 10.4 Å². The summed E-state index contributed by atoms with van der Waals surface area (Å²) in [7, 11) is 0. The number of aliphatic carboxylic acids is 1. The zero-order valence-electron chi connectivity index (χ0n) is 7.68. The van der Waals surface area contributed by atoms with Gasteiger partial charge in [-0.25, -0.2) is 4.79 Å². The first kappa shape index (κ1) is 10.2. The number of nitrogens with zero attached hydrogens (tertiary/aromatic N) is 1. The second kappa shape index (κ2) is 5.01. The number of aromatic nitrogens is 1. The summed E-state index contributed by atoms with van der Waals surface area (Å²) in [4.78, 5) is 14.6. The van der Waals surface area contributed by atoms with Gasteiger partial charge in [0.1, 0.15) is 6.04 Å². The maximum absolute atomic E-state index is 10.8. The van der Waals surface area contributed by atoms with Gasteiger partial charge in [-0.3, -0.25) is 4.98 Å². The Morgan fingerprint density at radius 3 is 2.79 bits per heavy atom. The smallest absolute Gasteiger partial charge is 0.326 e. The summed E-state index contributed by atoms with van der Waals surface area (Å²) in [6.07, 6.45) is 5.18. The van der Waals surface area contributed by atoms with Crippen LogP contribution in [-0.2, 0) is 4.79 Å². The average molecular weight is 192 g/mol. The lowest BCUT2D eigenvalue weighted by atomic mass is 10.2. The Morgan fingerprint density at radius 1 is 1.64 bits per heavy atom. The number of carboxylic acids is 1. The molecular weight excluding hydrogens is 180 g/mol. The summed E-state index contributed by atoms with van der Waals surface area (Å²) >= 11 is 0. The van der Waals surface area contributed by atoms with Crippen LogP contribution in [-0.4, -0.2) is 22.1 Å². The number of hydrogen-bond donors (Lipinski definition) is 2. The van der Waals surface area contributed by atoms with Crippen LogP contribution in [0.25, 0.3) is 0 Å². The van der Waals surface area contributed by atoms with Crippen LogP contribution in [0.3, 0.4) is 0 Å². The quantitative estimate of drug-likeness (QED) is 0.694. The first-order chi connectivity index (χ1) is 6.74. The summed E-state index contributed by atoms with van der Waals surface area (Å²) in [5.41, 5.74) is 0.745. The van der Waals surface area contributed by atoms with E-state index in [2.05, 4.69) is 16.9 Å². The molecule has 4 heteroatoms. The predicted octanol–water partition coefficient (Wildman–Crippen LogP) is 1.52. The number of nitrogens with one attached hydrogen (secondary N) is 1. The molecule has 0 aliphatic heterocycles. The summed E-state index contributed by atoms with van der Waals surface area (Å²) in [6.45, 7) is 3.51. The molecule has 2 N–H and O–H groups in total. The molecule has 0 fully saturated rings. The van der Waals surface area contributed by atoms with Gasteiger partial charge in [0, 0.05) is 18.1 Å². The predicted molar refractivity (Wildman–Crippen MR) is 54.1 cm³/mol. The molecule has 1 rings (SSSR count). The van der Waals surface area contributed by atoms with E-state index in [9.17, 15) is 4.79 Å². The Kier molecular flexibility index (Phi) is 3.67. The van der Waals surface area contributed by atoms with Crippen LogP contribution in [0.4, 0.5) is 5.69 Å². The Bertz CT molecular complexity index is 311. The first-order valence-electron chi connectivity index (χ1n) is 4.24. The van der Waals surface area contributed by atoms with Crippen molar-refractivity contribution in [3.63, 3.8) is 0 Å². The highest BCUT2D eigenvalue weighted by molar-refractivity contribution is 5.77. The lowest BCUT2D eigenvalue weighted by Gasteiger charge is -2.13. The van der Waals surface area contributed by atoms with Crippen LogP contribution in [0.2, 0.25) is 0 Å². The van der Waals surface area contributed by atoms with Crippen molar-refractivity contribution in [2.45, 2.75) is 12.5 Å². The van der Waals surface area contributed by atoms with E-state index >= 15 is 0 Å². The van der Waals surface area contributed by atoms with Crippen molar-refractivity contribution in [2.24, 2.45) is 0 Å². The number of hydrogen-bond acceptors (Lipinski definition) is 3. The van der Waals surface area contributed by atoms with Crippen molar-refractivity contribution in [1.29, 1.82) is 0 Å². The molecule has 1 unspecified atom stereocenters. The minimum Gasteiger partial charge on any atom is -0.480 e. The van der Waals surface area contributed by atoms with Crippen LogP contribution in [0.5, 0.6) is 0 Å². The molecule has 74 valence electrons. The first-order valence-corrected chi connectivity index (χ1v) is 4.24. The van der Waals surface area contributed by atoms with E-state index in [0.717, 1.165) is 5.69 Å². The average Bonchev–Trinajstić information content (AvgIpc) is 2.18. The van der Waals surface area contributed by atoms with Crippen molar-refractivity contribution in [3.05, 3.63) is 37.2 Å². The van der Waals surface area contributed by atoms with Gasteiger partial charge >= 0.3 is 5.97 Å². The second-order valence-corrected chi connectivity index (χ2v) is 2.80. The number of anilines is 1. The second-order valence-electron chi connectivity index (χ2n) is 2.80. The monoisotopic (exact) mass is 192 g/mol. The number of carbonyl (C=O) groups is 1. The minimum absolute atomic E-state index is 0.387. The van der Waals surface area contributed by atoms with Crippen LogP contribution in [0, 0.1) is 0 Å². The minimum atomic E-state index is -0.887. The highest BCUT2D eigenvalue weighted by atomic mass is 16.4. The van der Waals surface area contributed by atoms with E-state index in [4.69, 9.17) is 5.11 Å². The zero-order chi connectivity index (χ0) is 10.4. The van der Waals surface area contributed by atoms with E-state index in [0.29, 0.717) is 6.42 Å². The molecule has 0 aliphatic carbocycles. The summed E-state index contributed by atoms with van der Waals surface area (Å²) < 4.78 is 0. The largest absolute Gasteiger partial charge is 0.480 e. The van der Waals surface area contributed by atoms with Crippen LogP contribution < -0.4 is 5.32 Å². The van der Waals surface area contributed by atoms with Gasteiger partial charge in [-0.05, 0) is 18.6 Å². The lowest BCUT2D eigenvalue weighted by Crippen LogP contribution is -2.28. The molecule has 4 nitrogen and oxygen atoms in total. The van der Waals surface area contributed by atoms with Gasteiger partial charge in [-0.1, -0.05) is 6.08 Å². The standard InChI is InChI=1S/C10H12N2O2/c1-2-3-9(10(13)14)12-8-4-6-11-7-5-8/h2,4-7,9H,1,3H2,(H,11,12)(H,13,14). The molecule has 0 radical (unpaired) electrons. The fourth-order valence-corrected chi connectivity index (χ4v) is 1.04. The third kappa shape index (κ3) is 2.90. The molecule has 1 heterocycles. The fraction of sp³-hybridized carbons (Fsp3) is 0.200. The molecule has 0 bridgehead atoms. The van der Waals surface area contributed by atoms with Crippen molar-refractivity contribution in [1.82, 2.24) is 4.98 Å². The molecule has 0 aliphatic rings. The molecule has 0 aromatic carbocycles. The van der Waals surface area contributed by atoms with Crippen LogP contribution in [0.1, 0.15) is 6.42 Å². The number of pyridine rings is 1. The Hall–Kier alpha value is -1.84. The lowest BCUT2D eigenvalue weighted by molar-refractivity contribution is -0.137. The molecule has 0 saturated heterocycles. The van der Waals surface area contributed by atoms with E-state index in [1.165, 1.54) is 0 Å². The van der Waals surface area contributed by atoms with E-state index < -0.39 is 12.0 Å². The van der Waals surface area contributed by atoms with E-state index in [1.54, 1.807) is 30.6 Å². The normalized spacial score (nSPS) is 11.7. The zero-order valence-corrected chi connectivity index (χ0v) is 7.68. The molecule has 1 aromatic rings.